The molecule has 9 heteroatoms. The summed E-state index contributed by atoms with van der Waals surface area (Å²) >= 11 is 3.15. The molecule has 0 aromatic heterocycles. The van der Waals surface area contributed by atoms with Crippen LogP contribution >= 0.6 is 15.9 Å². The van der Waals surface area contributed by atoms with Crippen LogP contribution in [0.4, 0.5) is 18.0 Å². The number of carbonyl (C=O) groups is 2. The third-order valence-electron chi connectivity index (χ3n) is 4.17. The molecule has 2 aromatic rings. The number of methoxy groups -OCH3 is 1. The summed E-state index contributed by atoms with van der Waals surface area (Å²) in [7, 11) is 1.14. The van der Waals surface area contributed by atoms with Gasteiger partial charge in [-0.1, -0.05) is 40.2 Å². The van der Waals surface area contributed by atoms with Gasteiger partial charge in [0.25, 0.3) is 6.43 Å². The monoisotopic (exact) mass is 459 g/mol. The standard InChI is InChI=1S/C19H17BrF3NO4/c1-19(16(21)22,11-6-5-7-12(20)10-11)17(23)24-18(26)28-14-9-4-3-8-13(14)15(25)27-2/h3-10,16-17H,1-2H3,(H,24,26). The van der Waals surface area contributed by atoms with E-state index in [9.17, 15) is 22.8 Å². The highest BCUT2D eigenvalue weighted by atomic mass is 79.9. The molecule has 0 bridgehead atoms. The summed E-state index contributed by atoms with van der Waals surface area (Å²) in [5.41, 5.74) is -2.41. The first-order valence-electron chi connectivity index (χ1n) is 8.04. The van der Waals surface area contributed by atoms with Crippen molar-refractivity contribution in [2.24, 2.45) is 0 Å². The molecule has 0 saturated heterocycles. The molecule has 2 rings (SSSR count). The van der Waals surface area contributed by atoms with E-state index in [0.29, 0.717) is 4.47 Å². The van der Waals surface area contributed by atoms with Crippen molar-refractivity contribution < 1.29 is 32.2 Å². The quantitative estimate of drug-likeness (QED) is 0.495. The fourth-order valence-electron chi connectivity index (χ4n) is 2.42. The minimum absolute atomic E-state index is 0.0142. The molecule has 0 heterocycles. The molecule has 28 heavy (non-hydrogen) atoms. The average molecular weight is 460 g/mol. The topological polar surface area (TPSA) is 64.6 Å². The molecule has 2 aromatic carbocycles. The Labute approximate surface area is 168 Å². The third-order valence-corrected chi connectivity index (χ3v) is 4.66. The van der Waals surface area contributed by atoms with Gasteiger partial charge in [-0.15, -0.1) is 0 Å². The number of amides is 1. The van der Waals surface area contributed by atoms with Gasteiger partial charge in [0.2, 0.25) is 0 Å². The Bertz CT molecular complexity index is 865. The number of para-hydroxylation sites is 1. The van der Waals surface area contributed by atoms with Gasteiger partial charge in [0.05, 0.1) is 7.11 Å². The molecule has 1 N–H and O–H groups in total. The maximum Gasteiger partial charge on any atom is 0.414 e. The van der Waals surface area contributed by atoms with E-state index in [0.717, 1.165) is 14.0 Å². The van der Waals surface area contributed by atoms with Crippen LogP contribution in [0, 0.1) is 0 Å². The van der Waals surface area contributed by atoms with E-state index >= 15 is 0 Å². The van der Waals surface area contributed by atoms with E-state index in [1.165, 1.54) is 42.5 Å². The minimum atomic E-state index is -3.13. The lowest BCUT2D eigenvalue weighted by Gasteiger charge is -2.32. The Kier molecular flexibility index (Phi) is 7.06. The molecule has 2 atom stereocenters. The number of hydrogen-bond donors (Lipinski definition) is 1. The van der Waals surface area contributed by atoms with E-state index in [1.54, 1.807) is 11.4 Å². The molecule has 0 saturated carbocycles. The predicted molar refractivity (Wildman–Crippen MR) is 99.3 cm³/mol. The molecule has 2 unspecified atom stereocenters. The van der Waals surface area contributed by atoms with Crippen molar-refractivity contribution in [3.8, 4) is 5.75 Å². The van der Waals surface area contributed by atoms with Crippen LogP contribution in [0.25, 0.3) is 0 Å². The lowest BCUT2D eigenvalue weighted by atomic mass is 9.81. The van der Waals surface area contributed by atoms with Gasteiger partial charge in [-0.25, -0.2) is 22.8 Å². The van der Waals surface area contributed by atoms with Gasteiger partial charge in [0.15, 0.2) is 6.30 Å². The summed E-state index contributed by atoms with van der Waals surface area (Å²) < 4.78 is 52.3. The van der Waals surface area contributed by atoms with Gasteiger partial charge in [0.1, 0.15) is 16.7 Å². The summed E-state index contributed by atoms with van der Waals surface area (Å²) in [5.74, 6) is -0.966. The van der Waals surface area contributed by atoms with E-state index in [2.05, 4.69) is 20.7 Å². The van der Waals surface area contributed by atoms with Crippen LogP contribution in [0.5, 0.6) is 5.75 Å². The number of nitrogens with one attached hydrogen (secondary N) is 1. The highest BCUT2D eigenvalue weighted by molar-refractivity contribution is 9.10. The fourth-order valence-corrected chi connectivity index (χ4v) is 2.82. The molecule has 0 fully saturated rings. The summed E-state index contributed by atoms with van der Waals surface area (Å²) in [6, 6.07) is 11.4. The summed E-state index contributed by atoms with van der Waals surface area (Å²) in [5, 5.41) is 1.78. The number of hydrogen-bond acceptors (Lipinski definition) is 4. The van der Waals surface area contributed by atoms with Gasteiger partial charge in [-0.2, -0.15) is 0 Å². The smallest absolute Gasteiger partial charge is 0.414 e. The largest absolute Gasteiger partial charge is 0.465 e. The molecule has 0 aliphatic rings. The summed E-state index contributed by atoms with van der Waals surface area (Å²) in [6.07, 6.45) is -6.93. The minimum Gasteiger partial charge on any atom is -0.465 e. The Balaban J connectivity index is 2.22. The van der Waals surface area contributed by atoms with Crippen LogP contribution < -0.4 is 10.1 Å². The fraction of sp³-hybridized carbons (Fsp3) is 0.263. The zero-order valence-corrected chi connectivity index (χ0v) is 16.5. The predicted octanol–water partition coefficient (Wildman–Crippen LogP) is 4.84. The lowest BCUT2D eigenvalue weighted by molar-refractivity contribution is -0.00113. The van der Waals surface area contributed by atoms with Crippen molar-refractivity contribution in [2.75, 3.05) is 7.11 Å². The Hall–Kier alpha value is -2.55. The van der Waals surface area contributed by atoms with E-state index in [4.69, 9.17) is 4.74 Å². The second-order valence-electron chi connectivity index (χ2n) is 5.98. The zero-order chi connectivity index (χ0) is 20.9. The maximum atomic E-state index is 14.8. The summed E-state index contributed by atoms with van der Waals surface area (Å²) in [6.45, 7) is 0.993. The molecule has 0 aliphatic carbocycles. The second kappa shape index (κ2) is 9.09. The third kappa shape index (κ3) is 4.64. The molecular weight excluding hydrogens is 443 g/mol. The van der Waals surface area contributed by atoms with E-state index < -0.39 is 30.2 Å². The van der Waals surface area contributed by atoms with Gasteiger partial charge in [0, 0.05) is 4.47 Å². The average Bonchev–Trinajstić information content (AvgIpc) is 2.66. The molecule has 0 radical (unpaired) electrons. The number of esters is 1. The van der Waals surface area contributed by atoms with Crippen LogP contribution in [0.15, 0.2) is 53.0 Å². The number of ether oxygens (including phenoxy) is 2. The number of benzene rings is 2. The van der Waals surface area contributed by atoms with Crippen LogP contribution in [-0.2, 0) is 10.2 Å². The number of carbonyl (C=O) groups excluding carboxylic acids is 2. The first-order valence-corrected chi connectivity index (χ1v) is 8.83. The molecular formula is C19H17BrF3NO4. The van der Waals surface area contributed by atoms with Gasteiger partial charge >= 0.3 is 12.1 Å². The second-order valence-corrected chi connectivity index (χ2v) is 6.89. The molecule has 150 valence electrons. The number of alkyl halides is 3. The van der Waals surface area contributed by atoms with E-state index in [-0.39, 0.29) is 16.9 Å². The van der Waals surface area contributed by atoms with Crippen molar-refractivity contribution in [1.29, 1.82) is 0 Å². The SMILES string of the molecule is COC(=O)c1ccccc1OC(=O)NC(F)C(C)(c1cccc(Br)c1)C(F)F. The summed E-state index contributed by atoms with van der Waals surface area (Å²) in [4.78, 5) is 23.8. The van der Waals surface area contributed by atoms with Crippen LogP contribution in [0.1, 0.15) is 22.8 Å². The normalized spacial score (nSPS) is 14.1. The first-order chi connectivity index (χ1) is 13.2. The van der Waals surface area contributed by atoms with Crippen molar-refractivity contribution in [3.63, 3.8) is 0 Å². The molecule has 5 nitrogen and oxygen atoms in total. The molecule has 0 spiro atoms. The Morgan fingerprint density at radius 2 is 1.79 bits per heavy atom. The van der Waals surface area contributed by atoms with Gasteiger partial charge in [-0.05, 0) is 36.8 Å². The molecule has 1 amide bonds. The zero-order valence-electron chi connectivity index (χ0n) is 14.9. The Morgan fingerprint density at radius 1 is 1.11 bits per heavy atom. The lowest BCUT2D eigenvalue weighted by Crippen LogP contribution is -2.51. The van der Waals surface area contributed by atoms with Gasteiger partial charge in [-0.3, -0.25) is 5.32 Å². The van der Waals surface area contributed by atoms with Crippen LogP contribution in [-0.4, -0.2) is 31.9 Å². The van der Waals surface area contributed by atoms with Crippen molar-refractivity contribution >= 4 is 28.0 Å². The molecule has 0 aliphatic heterocycles. The van der Waals surface area contributed by atoms with Crippen molar-refractivity contribution in [3.05, 3.63) is 64.1 Å². The highest BCUT2D eigenvalue weighted by Crippen LogP contribution is 2.36. The van der Waals surface area contributed by atoms with Crippen LogP contribution in [0.2, 0.25) is 0 Å². The first kappa shape index (κ1) is 21.7. The maximum absolute atomic E-state index is 14.8. The van der Waals surface area contributed by atoms with Crippen LogP contribution in [0.3, 0.4) is 0 Å². The van der Waals surface area contributed by atoms with Crippen molar-refractivity contribution in [2.45, 2.75) is 25.1 Å². The van der Waals surface area contributed by atoms with Crippen molar-refractivity contribution in [1.82, 2.24) is 5.32 Å². The number of rotatable bonds is 6. The number of halogens is 4. The van der Waals surface area contributed by atoms with E-state index in [1.807, 2.05) is 0 Å². The van der Waals surface area contributed by atoms with Gasteiger partial charge < -0.3 is 9.47 Å². The Morgan fingerprint density at radius 3 is 2.39 bits per heavy atom. The highest BCUT2D eigenvalue weighted by Gasteiger charge is 2.46.